The van der Waals surface area contributed by atoms with E-state index in [1.165, 1.54) is 13.2 Å². The van der Waals surface area contributed by atoms with Crippen LogP contribution in [-0.2, 0) is 4.79 Å². The lowest BCUT2D eigenvalue weighted by molar-refractivity contribution is -0.111. The van der Waals surface area contributed by atoms with Gasteiger partial charge in [-0.15, -0.1) is 0 Å². The largest absolute Gasteiger partial charge is 0.481 e. The number of ether oxygens (including phenoxy) is 1. The van der Waals surface area contributed by atoms with Crippen molar-refractivity contribution in [3.8, 4) is 17.7 Å². The van der Waals surface area contributed by atoms with Gasteiger partial charge in [0.1, 0.15) is 5.15 Å². The zero-order valence-electron chi connectivity index (χ0n) is 10.6. The van der Waals surface area contributed by atoms with E-state index in [4.69, 9.17) is 16.3 Å². The first-order valence-corrected chi connectivity index (χ1v) is 6.02. The summed E-state index contributed by atoms with van der Waals surface area (Å²) in [5.74, 6) is 4.94. The molecule has 1 aromatic carbocycles. The molecule has 0 atom stereocenters. The highest BCUT2D eigenvalue weighted by atomic mass is 35.5. The number of methoxy groups -OCH3 is 1. The lowest BCUT2D eigenvalue weighted by Gasteiger charge is -2.02. The van der Waals surface area contributed by atoms with Crippen LogP contribution in [0.5, 0.6) is 5.88 Å². The Morgan fingerprint density at radius 2 is 2.05 bits per heavy atom. The zero-order chi connectivity index (χ0) is 14.4. The van der Waals surface area contributed by atoms with Crippen molar-refractivity contribution in [2.45, 2.75) is 0 Å². The number of rotatable bonds is 2. The van der Waals surface area contributed by atoms with Crippen molar-refractivity contribution in [1.82, 2.24) is 9.97 Å². The molecule has 0 saturated heterocycles. The molecule has 1 aromatic heterocycles. The van der Waals surface area contributed by atoms with Gasteiger partial charge in [0.2, 0.25) is 11.8 Å². The number of aromatic nitrogens is 2. The van der Waals surface area contributed by atoms with Crippen LogP contribution in [0.15, 0.2) is 36.4 Å². The fraction of sp³-hybridized carbons (Fsp3) is 0.0714. The van der Waals surface area contributed by atoms with E-state index in [0.717, 1.165) is 5.56 Å². The second kappa shape index (κ2) is 6.55. The van der Waals surface area contributed by atoms with Crippen molar-refractivity contribution in [2.75, 3.05) is 12.4 Å². The van der Waals surface area contributed by atoms with Crippen LogP contribution in [0.25, 0.3) is 0 Å². The Balaban J connectivity index is 2.09. The standard InChI is InChI=1S/C14H10ClN3O2/c1-20-13-9-11(15)16-14(18-13)17-12(19)8-7-10-5-3-2-4-6-10/h2-6,9H,1H3,(H,16,17,18,19). The molecule has 0 aliphatic heterocycles. The topological polar surface area (TPSA) is 64.1 Å². The molecule has 6 heteroatoms. The van der Waals surface area contributed by atoms with Crippen molar-refractivity contribution >= 4 is 23.5 Å². The average Bonchev–Trinajstić information content (AvgIpc) is 2.45. The zero-order valence-corrected chi connectivity index (χ0v) is 11.3. The molecule has 1 heterocycles. The summed E-state index contributed by atoms with van der Waals surface area (Å²) < 4.78 is 4.92. The first-order valence-electron chi connectivity index (χ1n) is 5.64. The highest BCUT2D eigenvalue weighted by molar-refractivity contribution is 6.29. The molecule has 0 fully saturated rings. The summed E-state index contributed by atoms with van der Waals surface area (Å²) in [5.41, 5.74) is 0.743. The number of nitrogens with one attached hydrogen (secondary N) is 1. The SMILES string of the molecule is COc1cc(Cl)nc(NC(=O)C#Cc2ccccc2)n1. The number of amides is 1. The van der Waals surface area contributed by atoms with Gasteiger partial charge in [0.15, 0.2) is 0 Å². The lowest BCUT2D eigenvalue weighted by Crippen LogP contribution is -2.11. The first-order chi connectivity index (χ1) is 9.67. The lowest BCUT2D eigenvalue weighted by atomic mass is 10.2. The van der Waals surface area contributed by atoms with E-state index in [2.05, 4.69) is 27.1 Å². The van der Waals surface area contributed by atoms with E-state index in [-0.39, 0.29) is 17.0 Å². The Hall–Kier alpha value is -2.58. The molecule has 100 valence electrons. The third-order valence-corrected chi connectivity index (χ3v) is 2.39. The Bertz CT molecular complexity index is 678. The van der Waals surface area contributed by atoms with Crippen LogP contribution < -0.4 is 10.1 Å². The van der Waals surface area contributed by atoms with Gasteiger partial charge in [0.05, 0.1) is 7.11 Å². The van der Waals surface area contributed by atoms with Crippen molar-refractivity contribution in [1.29, 1.82) is 0 Å². The van der Waals surface area contributed by atoms with Gasteiger partial charge in [0.25, 0.3) is 0 Å². The Labute approximate surface area is 121 Å². The number of carbonyl (C=O) groups is 1. The minimum absolute atomic E-state index is 0.0433. The molecule has 0 saturated carbocycles. The maximum atomic E-state index is 11.6. The summed E-state index contributed by atoms with van der Waals surface area (Å²) in [6.45, 7) is 0. The molecular formula is C14H10ClN3O2. The molecule has 20 heavy (non-hydrogen) atoms. The molecule has 0 aliphatic rings. The summed E-state index contributed by atoms with van der Waals surface area (Å²) in [4.78, 5) is 19.4. The summed E-state index contributed by atoms with van der Waals surface area (Å²) in [6.07, 6.45) is 0. The van der Waals surface area contributed by atoms with Crippen molar-refractivity contribution < 1.29 is 9.53 Å². The quantitative estimate of drug-likeness (QED) is 0.679. The van der Waals surface area contributed by atoms with Crippen LogP contribution in [0.2, 0.25) is 5.15 Å². The molecule has 0 bridgehead atoms. The molecule has 5 nitrogen and oxygen atoms in total. The van der Waals surface area contributed by atoms with Crippen LogP contribution in [0.1, 0.15) is 5.56 Å². The molecule has 0 aliphatic carbocycles. The maximum absolute atomic E-state index is 11.6. The number of carbonyl (C=O) groups excluding carboxylic acids is 1. The predicted molar refractivity (Wildman–Crippen MR) is 75.5 cm³/mol. The Kier molecular flexibility index (Phi) is 4.53. The third kappa shape index (κ3) is 3.97. The molecular weight excluding hydrogens is 278 g/mol. The number of halogens is 1. The third-order valence-electron chi connectivity index (χ3n) is 2.20. The monoisotopic (exact) mass is 287 g/mol. The van der Waals surface area contributed by atoms with Crippen LogP contribution in [0.3, 0.4) is 0 Å². The van der Waals surface area contributed by atoms with E-state index in [1.54, 1.807) is 12.1 Å². The van der Waals surface area contributed by atoms with Gasteiger partial charge >= 0.3 is 5.91 Å². The van der Waals surface area contributed by atoms with Gasteiger partial charge in [-0.3, -0.25) is 10.1 Å². The van der Waals surface area contributed by atoms with Gasteiger partial charge < -0.3 is 4.74 Å². The molecule has 1 amide bonds. The molecule has 2 rings (SSSR count). The van der Waals surface area contributed by atoms with Gasteiger partial charge in [-0.2, -0.15) is 4.98 Å². The normalized spacial score (nSPS) is 9.30. The molecule has 1 N–H and O–H groups in total. The number of hydrogen-bond donors (Lipinski definition) is 1. The number of anilines is 1. The summed E-state index contributed by atoms with van der Waals surface area (Å²) in [7, 11) is 1.44. The van der Waals surface area contributed by atoms with E-state index in [9.17, 15) is 4.79 Å². The summed E-state index contributed by atoms with van der Waals surface area (Å²) >= 11 is 5.77. The van der Waals surface area contributed by atoms with E-state index in [1.807, 2.05) is 18.2 Å². The highest BCUT2D eigenvalue weighted by Crippen LogP contribution is 2.15. The molecule has 0 unspecified atom stereocenters. The molecule has 2 aromatic rings. The fourth-order valence-corrected chi connectivity index (χ4v) is 1.51. The second-order valence-electron chi connectivity index (χ2n) is 3.63. The van der Waals surface area contributed by atoms with E-state index in [0.29, 0.717) is 0 Å². The van der Waals surface area contributed by atoms with E-state index >= 15 is 0 Å². The fourth-order valence-electron chi connectivity index (χ4n) is 1.34. The van der Waals surface area contributed by atoms with Crippen molar-refractivity contribution in [3.63, 3.8) is 0 Å². The van der Waals surface area contributed by atoms with Crippen molar-refractivity contribution in [2.24, 2.45) is 0 Å². The minimum Gasteiger partial charge on any atom is -0.481 e. The number of nitrogens with zero attached hydrogens (tertiary/aromatic N) is 2. The van der Waals surface area contributed by atoms with Gasteiger partial charge in [-0.1, -0.05) is 35.7 Å². The van der Waals surface area contributed by atoms with E-state index < -0.39 is 5.91 Å². The molecule has 0 radical (unpaired) electrons. The Morgan fingerprint density at radius 3 is 2.75 bits per heavy atom. The van der Waals surface area contributed by atoms with Gasteiger partial charge in [-0.25, -0.2) is 4.98 Å². The first kappa shape index (κ1) is 13.8. The van der Waals surface area contributed by atoms with Crippen LogP contribution in [0.4, 0.5) is 5.95 Å². The van der Waals surface area contributed by atoms with Crippen molar-refractivity contribution in [3.05, 3.63) is 47.1 Å². The Morgan fingerprint density at radius 1 is 1.30 bits per heavy atom. The number of hydrogen-bond acceptors (Lipinski definition) is 4. The highest BCUT2D eigenvalue weighted by Gasteiger charge is 2.05. The van der Waals surface area contributed by atoms with Crippen LogP contribution in [0, 0.1) is 11.8 Å². The molecule has 0 spiro atoms. The van der Waals surface area contributed by atoms with Crippen LogP contribution in [-0.4, -0.2) is 23.0 Å². The maximum Gasteiger partial charge on any atom is 0.303 e. The minimum atomic E-state index is -0.529. The van der Waals surface area contributed by atoms with Gasteiger partial charge in [-0.05, 0) is 12.1 Å². The summed E-state index contributed by atoms with van der Waals surface area (Å²) in [5, 5.41) is 2.60. The second-order valence-corrected chi connectivity index (χ2v) is 4.01. The summed E-state index contributed by atoms with van der Waals surface area (Å²) in [6, 6.07) is 10.6. The number of benzene rings is 1. The predicted octanol–water partition coefficient (Wildman–Crippen LogP) is 2.13. The van der Waals surface area contributed by atoms with Gasteiger partial charge in [0, 0.05) is 17.6 Å². The van der Waals surface area contributed by atoms with Crippen LogP contribution >= 0.6 is 11.6 Å². The smallest absolute Gasteiger partial charge is 0.303 e. The average molecular weight is 288 g/mol.